The van der Waals surface area contributed by atoms with E-state index in [-0.39, 0.29) is 11.9 Å². The number of nitrogens with zero attached hydrogens (tertiary/aromatic N) is 1. The number of primary amides is 1. The first-order valence-electron chi connectivity index (χ1n) is 4.40. The predicted molar refractivity (Wildman–Crippen MR) is 45.2 cm³/mol. The topological polar surface area (TPSA) is 66.6 Å². The highest BCUT2D eigenvalue weighted by molar-refractivity contribution is 5.79. The molecule has 2 unspecified atom stereocenters. The van der Waals surface area contributed by atoms with Crippen molar-refractivity contribution >= 4 is 5.91 Å². The van der Waals surface area contributed by atoms with Crippen molar-refractivity contribution in [3.05, 3.63) is 0 Å². The molecular weight excluding hydrogens is 156 g/mol. The number of hydrogen-bond donors (Lipinski definition) is 2. The Hall–Kier alpha value is -0.610. The second-order valence-corrected chi connectivity index (χ2v) is 3.19. The third kappa shape index (κ3) is 1.76. The molecule has 12 heavy (non-hydrogen) atoms. The minimum absolute atomic E-state index is 0.289. The van der Waals surface area contributed by atoms with Crippen molar-refractivity contribution in [1.29, 1.82) is 0 Å². The molecule has 70 valence electrons. The first-order valence-corrected chi connectivity index (χ1v) is 4.40. The average molecular weight is 172 g/mol. The van der Waals surface area contributed by atoms with Gasteiger partial charge in [0.1, 0.15) is 6.23 Å². The molecule has 0 saturated carbocycles. The third-order valence-corrected chi connectivity index (χ3v) is 2.38. The van der Waals surface area contributed by atoms with Gasteiger partial charge in [0.25, 0.3) is 0 Å². The van der Waals surface area contributed by atoms with Crippen LogP contribution in [0, 0.1) is 0 Å². The molecule has 3 N–H and O–H groups in total. The molecule has 4 nitrogen and oxygen atoms in total. The van der Waals surface area contributed by atoms with Crippen LogP contribution < -0.4 is 5.73 Å². The summed E-state index contributed by atoms with van der Waals surface area (Å²) in [7, 11) is 0. The Balaban J connectivity index is 2.58. The average Bonchev–Trinajstić information content (AvgIpc) is 2.38. The van der Waals surface area contributed by atoms with Gasteiger partial charge in [0.2, 0.25) is 5.91 Å². The molecule has 0 aliphatic carbocycles. The fourth-order valence-corrected chi connectivity index (χ4v) is 1.73. The fraction of sp³-hybridized carbons (Fsp3) is 0.875. The van der Waals surface area contributed by atoms with Crippen molar-refractivity contribution in [1.82, 2.24) is 4.90 Å². The van der Waals surface area contributed by atoms with E-state index in [0.717, 1.165) is 19.4 Å². The molecule has 0 radical (unpaired) electrons. The van der Waals surface area contributed by atoms with Crippen LogP contribution in [0.15, 0.2) is 0 Å². The van der Waals surface area contributed by atoms with E-state index in [1.165, 1.54) is 0 Å². The van der Waals surface area contributed by atoms with E-state index in [9.17, 15) is 9.90 Å². The maximum Gasteiger partial charge on any atom is 0.234 e. The van der Waals surface area contributed by atoms with E-state index in [0.29, 0.717) is 6.42 Å². The highest BCUT2D eigenvalue weighted by Gasteiger charge is 2.30. The number of rotatable bonds is 3. The predicted octanol–water partition coefficient (Wildman–Crippen LogP) is -0.336. The smallest absolute Gasteiger partial charge is 0.234 e. The SMILES string of the molecule is CCC(C(N)=O)N1CCCC1O. The Morgan fingerprint density at radius 2 is 2.50 bits per heavy atom. The lowest BCUT2D eigenvalue weighted by Gasteiger charge is -2.26. The van der Waals surface area contributed by atoms with Crippen LogP contribution in [0.2, 0.25) is 0 Å². The van der Waals surface area contributed by atoms with Gasteiger partial charge in [0, 0.05) is 6.54 Å². The van der Waals surface area contributed by atoms with E-state index in [1.54, 1.807) is 4.90 Å². The molecule has 4 heteroatoms. The molecule has 1 rings (SSSR count). The van der Waals surface area contributed by atoms with Crippen LogP contribution in [0.4, 0.5) is 0 Å². The van der Waals surface area contributed by atoms with Crippen molar-refractivity contribution in [3.8, 4) is 0 Å². The van der Waals surface area contributed by atoms with Crippen molar-refractivity contribution in [3.63, 3.8) is 0 Å². The summed E-state index contributed by atoms with van der Waals surface area (Å²) in [4.78, 5) is 12.7. The van der Waals surface area contributed by atoms with Crippen molar-refractivity contribution in [2.45, 2.75) is 38.5 Å². The van der Waals surface area contributed by atoms with Crippen LogP contribution in [-0.4, -0.2) is 34.7 Å². The normalized spacial score (nSPS) is 27.3. The van der Waals surface area contributed by atoms with Crippen LogP contribution in [0.25, 0.3) is 0 Å². The number of likely N-dealkylation sites (tertiary alicyclic amines) is 1. The number of aliphatic hydroxyl groups is 1. The minimum atomic E-state index is -0.470. The molecule has 1 aliphatic rings. The van der Waals surface area contributed by atoms with E-state index in [1.807, 2.05) is 6.92 Å². The Labute approximate surface area is 72.3 Å². The van der Waals surface area contributed by atoms with Gasteiger partial charge in [0.15, 0.2) is 0 Å². The molecule has 0 aromatic heterocycles. The van der Waals surface area contributed by atoms with Gasteiger partial charge in [-0.2, -0.15) is 0 Å². The summed E-state index contributed by atoms with van der Waals surface area (Å²) < 4.78 is 0. The maximum atomic E-state index is 10.9. The minimum Gasteiger partial charge on any atom is -0.378 e. The molecule has 1 saturated heterocycles. The summed E-state index contributed by atoms with van der Waals surface area (Å²) in [6, 6.07) is -0.289. The third-order valence-electron chi connectivity index (χ3n) is 2.38. The highest BCUT2D eigenvalue weighted by atomic mass is 16.3. The Morgan fingerprint density at radius 1 is 1.83 bits per heavy atom. The number of nitrogens with two attached hydrogens (primary N) is 1. The highest BCUT2D eigenvalue weighted by Crippen LogP contribution is 2.19. The Bertz CT molecular complexity index is 172. The summed E-state index contributed by atoms with van der Waals surface area (Å²) in [5.74, 6) is -0.335. The van der Waals surface area contributed by atoms with E-state index >= 15 is 0 Å². The summed E-state index contributed by atoms with van der Waals surface area (Å²) in [6.45, 7) is 2.68. The second-order valence-electron chi connectivity index (χ2n) is 3.19. The monoisotopic (exact) mass is 172 g/mol. The van der Waals surface area contributed by atoms with Crippen LogP contribution >= 0.6 is 0 Å². The molecule has 1 aliphatic heterocycles. The van der Waals surface area contributed by atoms with Crippen molar-refractivity contribution in [2.24, 2.45) is 5.73 Å². The quantitative estimate of drug-likeness (QED) is 0.612. The number of hydrogen-bond acceptors (Lipinski definition) is 3. The van der Waals surface area contributed by atoms with E-state index < -0.39 is 6.23 Å². The van der Waals surface area contributed by atoms with Crippen LogP contribution in [0.3, 0.4) is 0 Å². The summed E-state index contributed by atoms with van der Waals surface area (Å²) in [5.41, 5.74) is 5.20. The van der Waals surface area contributed by atoms with Crippen LogP contribution in [0.5, 0.6) is 0 Å². The molecule has 0 aromatic rings. The van der Waals surface area contributed by atoms with Gasteiger partial charge in [-0.15, -0.1) is 0 Å². The fourth-order valence-electron chi connectivity index (χ4n) is 1.73. The maximum absolute atomic E-state index is 10.9. The number of amides is 1. The van der Waals surface area contributed by atoms with Gasteiger partial charge < -0.3 is 10.8 Å². The zero-order valence-electron chi connectivity index (χ0n) is 7.36. The first kappa shape index (κ1) is 9.48. The molecule has 1 amide bonds. The number of carbonyl (C=O) groups excluding carboxylic acids is 1. The lowest BCUT2D eigenvalue weighted by Crippen LogP contribution is -2.46. The van der Waals surface area contributed by atoms with Gasteiger partial charge >= 0.3 is 0 Å². The summed E-state index contributed by atoms with van der Waals surface area (Å²) in [5, 5.41) is 9.46. The van der Waals surface area contributed by atoms with E-state index in [4.69, 9.17) is 5.73 Å². The van der Waals surface area contributed by atoms with E-state index in [2.05, 4.69) is 0 Å². The number of aliphatic hydroxyl groups excluding tert-OH is 1. The Kier molecular flexibility index (Phi) is 3.05. The summed E-state index contributed by atoms with van der Waals surface area (Å²) >= 11 is 0. The summed E-state index contributed by atoms with van der Waals surface area (Å²) in [6.07, 6.45) is 1.91. The molecule has 1 heterocycles. The molecule has 2 atom stereocenters. The van der Waals surface area contributed by atoms with Gasteiger partial charge in [0.05, 0.1) is 6.04 Å². The van der Waals surface area contributed by atoms with Gasteiger partial charge in [-0.1, -0.05) is 6.92 Å². The largest absolute Gasteiger partial charge is 0.378 e. The number of carbonyl (C=O) groups is 1. The lowest BCUT2D eigenvalue weighted by atomic mass is 10.2. The molecule has 0 bridgehead atoms. The van der Waals surface area contributed by atoms with Crippen molar-refractivity contribution < 1.29 is 9.90 Å². The zero-order valence-corrected chi connectivity index (χ0v) is 7.36. The second kappa shape index (κ2) is 3.87. The molecular formula is C8H16N2O2. The standard InChI is InChI=1S/C8H16N2O2/c1-2-6(8(9)12)10-5-3-4-7(10)11/h6-7,11H,2-5H2,1H3,(H2,9,12). The molecule has 0 aromatic carbocycles. The molecule has 0 spiro atoms. The van der Waals surface area contributed by atoms with Crippen LogP contribution in [-0.2, 0) is 4.79 Å². The van der Waals surface area contributed by atoms with Gasteiger partial charge in [-0.25, -0.2) is 0 Å². The van der Waals surface area contributed by atoms with Crippen molar-refractivity contribution in [2.75, 3.05) is 6.54 Å². The zero-order chi connectivity index (χ0) is 9.14. The van der Waals surface area contributed by atoms with Crippen LogP contribution in [0.1, 0.15) is 26.2 Å². The Morgan fingerprint density at radius 3 is 2.83 bits per heavy atom. The molecule has 1 fully saturated rings. The first-order chi connectivity index (χ1) is 5.66. The van der Waals surface area contributed by atoms with Gasteiger partial charge in [-0.3, -0.25) is 9.69 Å². The lowest BCUT2D eigenvalue weighted by molar-refractivity contribution is -0.126. The van der Waals surface area contributed by atoms with Gasteiger partial charge in [-0.05, 0) is 19.3 Å².